The first-order chi connectivity index (χ1) is 8.69. The van der Waals surface area contributed by atoms with E-state index in [9.17, 15) is 9.59 Å². The number of rotatable bonds is 7. The Morgan fingerprint density at radius 3 is 2.58 bits per heavy atom. The second kappa shape index (κ2) is 10.0. The Balaban J connectivity index is 0.00000324. The molecule has 5 nitrogen and oxygen atoms in total. The summed E-state index contributed by atoms with van der Waals surface area (Å²) in [7, 11) is 0. The Labute approximate surface area is 121 Å². The molecule has 1 aliphatic rings. The maximum absolute atomic E-state index is 11.9. The maximum Gasteiger partial charge on any atom is 0.223 e. The molecule has 0 unspecified atom stereocenters. The average Bonchev–Trinajstić information content (AvgIpc) is 2.84. The van der Waals surface area contributed by atoms with Gasteiger partial charge in [-0.1, -0.05) is 13.3 Å². The minimum Gasteiger partial charge on any atom is -0.356 e. The van der Waals surface area contributed by atoms with E-state index in [0.717, 1.165) is 25.7 Å². The van der Waals surface area contributed by atoms with Crippen LogP contribution in [0.3, 0.4) is 0 Å². The Hall–Kier alpha value is -0.810. The smallest absolute Gasteiger partial charge is 0.223 e. The highest BCUT2D eigenvalue weighted by atomic mass is 35.5. The van der Waals surface area contributed by atoms with Crippen molar-refractivity contribution in [1.82, 2.24) is 10.6 Å². The Morgan fingerprint density at radius 1 is 1.21 bits per heavy atom. The van der Waals surface area contributed by atoms with Crippen molar-refractivity contribution < 1.29 is 9.59 Å². The van der Waals surface area contributed by atoms with Crippen LogP contribution in [0.2, 0.25) is 0 Å². The molecule has 0 aromatic rings. The zero-order valence-corrected chi connectivity index (χ0v) is 12.4. The van der Waals surface area contributed by atoms with Gasteiger partial charge in [-0.25, -0.2) is 0 Å². The van der Waals surface area contributed by atoms with Crippen LogP contribution in [0.1, 0.15) is 39.0 Å². The monoisotopic (exact) mass is 291 g/mol. The summed E-state index contributed by atoms with van der Waals surface area (Å²) in [4.78, 5) is 23.3. The average molecular weight is 292 g/mol. The van der Waals surface area contributed by atoms with Gasteiger partial charge in [0.2, 0.25) is 11.8 Å². The molecule has 0 aliphatic heterocycles. The molecule has 0 bridgehead atoms. The minimum absolute atomic E-state index is 0. The minimum atomic E-state index is -0.000975. The van der Waals surface area contributed by atoms with Gasteiger partial charge in [-0.15, -0.1) is 12.4 Å². The molecular weight excluding hydrogens is 266 g/mol. The third kappa shape index (κ3) is 6.25. The summed E-state index contributed by atoms with van der Waals surface area (Å²) in [6.07, 6.45) is 4.34. The van der Waals surface area contributed by atoms with Crippen LogP contribution in [0.4, 0.5) is 0 Å². The highest BCUT2D eigenvalue weighted by molar-refractivity contribution is 5.85. The summed E-state index contributed by atoms with van der Waals surface area (Å²) in [5.41, 5.74) is 5.65. The Kier molecular flexibility index (Phi) is 9.61. The fourth-order valence-electron chi connectivity index (χ4n) is 2.45. The molecule has 6 heteroatoms. The highest BCUT2D eigenvalue weighted by Crippen LogP contribution is 2.30. The van der Waals surface area contributed by atoms with Gasteiger partial charge in [-0.3, -0.25) is 9.59 Å². The van der Waals surface area contributed by atoms with Crippen molar-refractivity contribution in [2.24, 2.45) is 17.6 Å². The number of nitrogens with one attached hydrogen (secondary N) is 2. The number of carbonyl (C=O) groups is 2. The van der Waals surface area contributed by atoms with Crippen molar-refractivity contribution in [2.45, 2.75) is 39.0 Å². The lowest BCUT2D eigenvalue weighted by Crippen LogP contribution is -2.37. The molecule has 2 atom stereocenters. The summed E-state index contributed by atoms with van der Waals surface area (Å²) in [6.45, 7) is 3.71. The molecule has 112 valence electrons. The van der Waals surface area contributed by atoms with Crippen molar-refractivity contribution in [3.8, 4) is 0 Å². The highest BCUT2D eigenvalue weighted by Gasteiger charge is 2.31. The van der Waals surface area contributed by atoms with Crippen LogP contribution < -0.4 is 16.4 Å². The second-order valence-corrected chi connectivity index (χ2v) is 4.92. The van der Waals surface area contributed by atoms with E-state index in [4.69, 9.17) is 5.73 Å². The van der Waals surface area contributed by atoms with Crippen LogP contribution in [0.25, 0.3) is 0 Å². The predicted octanol–water partition coefficient (Wildman–Crippen LogP) is 0.816. The van der Waals surface area contributed by atoms with E-state index >= 15 is 0 Å². The van der Waals surface area contributed by atoms with E-state index in [1.165, 1.54) is 0 Å². The van der Waals surface area contributed by atoms with Gasteiger partial charge in [0.25, 0.3) is 0 Å². The number of nitrogens with two attached hydrogens (primary N) is 1. The van der Waals surface area contributed by atoms with E-state index in [1.807, 2.05) is 6.92 Å². The second-order valence-electron chi connectivity index (χ2n) is 4.92. The standard InChI is InChI=1S/C13H25N3O2.ClH/c1-2-7-15-12(17)6-8-16-13(18)11-5-3-4-10(11)9-14;/h10-11H,2-9,14H2,1H3,(H,15,17)(H,16,18);1H/t10-,11-;/m1./s1. The van der Waals surface area contributed by atoms with E-state index in [2.05, 4.69) is 10.6 Å². The van der Waals surface area contributed by atoms with Gasteiger partial charge in [0.15, 0.2) is 0 Å². The van der Waals surface area contributed by atoms with E-state index in [0.29, 0.717) is 32.0 Å². The molecule has 1 aliphatic carbocycles. The molecule has 1 rings (SSSR count). The lowest BCUT2D eigenvalue weighted by molar-refractivity contribution is -0.126. The Morgan fingerprint density at radius 2 is 1.95 bits per heavy atom. The summed E-state index contributed by atoms with van der Waals surface area (Å²) in [5.74, 6) is 0.429. The van der Waals surface area contributed by atoms with Crippen LogP contribution in [0.15, 0.2) is 0 Å². The summed E-state index contributed by atoms with van der Waals surface area (Å²) < 4.78 is 0. The zero-order valence-electron chi connectivity index (χ0n) is 11.6. The molecule has 0 aromatic heterocycles. The van der Waals surface area contributed by atoms with Crippen LogP contribution in [0.5, 0.6) is 0 Å². The van der Waals surface area contributed by atoms with E-state index in [-0.39, 0.29) is 30.1 Å². The third-order valence-corrected chi connectivity index (χ3v) is 3.52. The number of amides is 2. The zero-order chi connectivity index (χ0) is 13.4. The van der Waals surface area contributed by atoms with Crippen LogP contribution in [-0.2, 0) is 9.59 Å². The topological polar surface area (TPSA) is 84.2 Å². The third-order valence-electron chi connectivity index (χ3n) is 3.52. The van der Waals surface area contributed by atoms with Crippen molar-refractivity contribution in [3.05, 3.63) is 0 Å². The number of carbonyl (C=O) groups excluding carboxylic acids is 2. The van der Waals surface area contributed by atoms with Crippen LogP contribution >= 0.6 is 12.4 Å². The first-order valence-corrected chi connectivity index (χ1v) is 6.93. The lowest BCUT2D eigenvalue weighted by Gasteiger charge is -2.17. The number of hydrogen-bond donors (Lipinski definition) is 3. The van der Waals surface area contributed by atoms with Gasteiger partial charge >= 0.3 is 0 Å². The SMILES string of the molecule is CCCNC(=O)CCNC(=O)[C@@H]1CCC[C@@H]1CN.Cl. The molecule has 0 spiro atoms. The van der Waals surface area contributed by atoms with Crippen molar-refractivity contribution in [2.75, 3.05) is 19.6 Å². The largest absolute Gasteiger partial charge is 0.356 e. The van der Waals surface area contributed by atoms with Crippen molar-refractivity contribution in [1.29, 1.82) is 0 Å². The van der Waals surface area contributed by atoms with E-state index in [1.54, 1.807) is 0 Å². The van der Waals surface area contributed by atoms with Crippen molar-refractivity contribution >= 4 is 24.2 Å². The van der Waals surface area contributed by atoms with Crippen molar-refractivity contribution in [3.63, 3.8) is 0 Å². The Bertz CT molecular complexity index is 287. The summed E-state index contributed by atoms with van der Waals surface area (Å²) in [5, 5.41) is 5.63. The van der Waals surface area contributed by atoms with Gasteiger partial charge in [0.05, 0.1) is 0 Å². The molecular formula is C13H26ClN3O2. The van der Waals surface area contributed by atoms with Crippen LogP contribution in [-0.4, -0.2) is 31.4 Å². The normalized spacial score (nSPS) is 21.6. The van der Waals surface area contributed by atoms with E-state index < -0.39 is 0 Å². The molecule has 1 fully saturated rings. The summed E-state index contributed by atoms with van der Waals surface area (Å²) >= 11 is 0. The van der Waals surface area contributed by atoms with Gasteiger partial charge in [-0.2, -0.15) is 0 Å². The first-order valence-electron chi connectivity index (χ1n) is 6.93. The molecule has 0 aromatic carbocycles. The quantitative estimate of drug-likeness (QED) is 0.649. The molecule has 0 radical (unpaired) electrons. The first kappa shape index (κ1) is 18.2. The van der Waals surface area contributed by atoms with Gasteiger partial charge in [-0.05, 0) is 31.7 Å². The van der Waals surface area contributed by atoms with Gasteiger partial charge in [0, 0.05) is 25.4 Å². The molecule has 0 saturated heterocycles. The molecule has 0 heterocycles. The number of hydrogen-bond acceptors (Lipinski definition) is 3. The van der Waals surface area contributed by atoms with Crippen LogP contribution in [0, 0.1) is 11.8 Å². The molecule has 1 saturated carbocycles. The molecule has 2 amide bonds. The molecule has 19 heavy (non-hydrogen) atoms. The fourth-order valence-corrected chi connectivity index (χ4v) is 2.45. The lowest BCUT2D eigenvalue weighted by atomic mass is 9.95. The predicted molar refractivity (Wildman–Crippen MR) is 78.1 cm³/mol. The summed E-state index contributed by atoms with van der Waals surface area (Å²) in [6, 6.07) is 0. The number of halogens is 1. The van der Waals surface area contributed by atoms with Gasteiger partial charge in [0.1, 0.15) is 0 Å². The van der Waals surface area contributed by atoms with Gasteiger partial charge < -0.3 is 16.4 Å². The fraction of sp³-hybridized carbons (Fsp3) is 0.846. The molecule has 4 N–H and O–H groups in total. The maximum atomic E-state index is 11.9.